The fourth-order valence-electron chi connectivity index (χ4n) is 3.13. The lowest BCUT2D eigenvalue weighted by molar-refractivity contribution is -0.120. The number of benzene rings is 2. The number of H-pyrrole nitrogens is 2. The number of fused-ring (bicyclic) bond motifs is 1. The van der Waals surface area contributed by atoms with Crippen molar-refractivity contribution < 1.29 is 4.79 Å². The molecule has 0 aliphatic heterocycles. The Hall–Kier alpha value is -3.92. The quantitative estimate of drug-likeness (QED) is 0.243. The van der Waals surface area contributed by atoms with E-state index in [1.165, 1.54) is 0 Å². The van der Waals surface area contributed by atoms with E-state index in [2.05, 4.69) is 25.7 Å². The summed E-state index contributed by atoms with van der Waals surface area (Å²) in [4.78, 5) is 38.3. The van der Waals surface area contributed by atoms with Gasteiger partial charge in [-0.2, -0.15) is 10.2 Å². The van der Waals surface area contributed by atoms with E-state index >= 15 is 0 Å². The van der Waals surface area contributed by atoms with E-state index in [9.17, 15) is 14.4 Å². The van der Waals surface area contributed by atoms with Gasteiger partial charge in [0.1, 0.15) is 5.25 Å². The van der Waals surface area contributed by atoms with Gasteiger partial charge in [-0.3, -0.25) is 14.6 Å². The summed E-state index contributed by atoms with van der Waals surface area (Å²) in [6.45, 7) is 0. The van der Waals surface area contributed by atoms with Crippen molar-refractivity contribution in [3.63, 3.8) is 0 Å². The molecule has 4 aromatic rings. The fourth-order valence-corrected chi connectivity index (χ4v) is 4.06. The smallest absolute Gasteiger partial charge is 0.342 e. The van der Waals surface area contributed by atoms with E-state index in [0.29, 0.717) is 5.56 Å². The predicted octanol–water partition coefficient (Wildman–Crippen LogP) is 1.93. The number of nitrogens with one attached hydrogen (secondary N) is 3. The summed E-state index contributed by atoms with van der Waals surface area (Å²) in [5.74, 6) is -0.430. The Labute approximate surface area is 180 Å². The summed E-state index contributed by atoms with van der Waals surface area (Å²) in [5.41, 5.74) is 3.74. The number of rotatable bonds is 6. The molecule has 0 saturated carbocycles. The number of carbonyl (C=O) groups excluding carboxylic acids is 1. The summed E-state index contributed by atoms with van der Waals surface area (Å²) in [7, 11) is 1.94. The third-order valence-electron chi connectivity index (χ3n) is 4.56. The normalized spacial score (nSPS) is 12.3. The highest BCUT2D eigenvalue weighted by atomic mass is 32.2. The van der Waals surface area contributed by atoms with E-state index in [1.807, 2.05) is 48.1 Å². The van der Waals surface area contributed by atoms with Crippen LogP contribution in [-0.2, 0) is 11.8 Å². The van der Waals surface area contributed by atoms with Gasteiger partial charge >= 0.3 is 5.69 Å². The summed E-state index contributed by atoms with van der Waals surface area (Å²) < 4.78 is 1.98. The van der Waals surface area contributed by atoms with Crippen LogP contribution in [0.3, 0.4) is 0 Å². The molecule has 1 atom stereocenters. The largest absolute Gasteiger partial charge is 0.350 e. The Kier molecular flexibility index (Phi) is 5.80. The first kappa shape index (κ1) is 20.4. The van der Waals surface area contributed by atoms with Crippen LogP contribution in [0.4, 0.5) is 0 Å². The molecule has 1 amide bonds. The monoisotopic (exact) mass is 434 g/mol. The van der Waals surface area contributed by atoms with Crippen molar-refractivity contribution in [1.29, 1.82) is 0 Å². The zero-order chi connectivity index (χ0) is 21.8. The molecule has 2 aromatic heterocycles. The number of aryl methyl sites for hydroxylation is 1. The maximum absolute atomic E-state index is 12.9. The molecule has 0 fully saturated rings. The molecule has 0 saturated heterocycles. The van der Waals surface area contributed by atoms with E-state index in [4.69, 9.17) is 0 Å². The number of aromatic nitrogens is 4. The third-order valence-corrected chi connectivity index (χ3v) is 5.78. The third kappa shape index (κ3) is 4.48. The molecule has 4 rings (SSSR count). The van der Waals surface area contributed by atoms with Crippen LogP contribution in [0.25, 0.3) is 10.9 Å². The van der Waals surface area contributed by atoms with Crippen LogP contribution >= 0.6 is 11.8 Å². The van der Waals surface area contributed by atoms with Crippen molar-refractivity contribution in [1.82, 2.24) is 25.2 Å². The average Bonchev–Trinajstić information content (AvgIpc) is 3.09. The van der Waals surface area contributed by atoms with Gasteiger partial charge < -0.3 is 4.57 Å². The van der Waals surface area contributed by atoms with E-state index in [-0.39, 0.29) is 5.03 Å². The van der Waals surface area contributed by atoms with E-state index in [0.717, 1.165) is 28.2 Å². The summed E-state index contributed by atoms with van der Waals surface area (Å²) in [6.07, 6.45) is 3.51. The molecule has 2 heterocycles. The lowest BCUT2D eigenvalue weighted by Gasteiger charge is -2.14. The van der Waals surface area contributed by atoms with Gasteiger partial charge in [0.2, 0.25) is 0 Å². The van der Waals surface area contributed by atoms with Crippen molar-refractivity contribution in [3.8, 4) is 0 Å². The maximum Gasteiger partial charge on any atom is 0.342 e. The molecule has 0 aliphatic rings. The number of amides is 1. The van der Waals surface area contributed by atoms with Crippen LogP contribution in [-0.4, -0.2) is 31.9 Å². The Balaban J connectivity index is 1.58. The minimum absolute atomic E-state index is 0.0263. The van der Waals surface area contributed by atoms with Crippen molar-refractivity contribution in [2.75, 3.05) is 0 Å². The number of hydrogen-bond donors (Lipinski definition) is 3. The lowest BCUT2D eigenvalue weighted by Crippen LogP contribution is -2.28. The number of aromatic amines is 2. The average molecular weight is 434 g/mol. The molecule has 9 nitrogen and oxygen atoms in total. The van der Waals surface area contributed by atoms with Gasteiger partial charge in [-0.05, 0) is 11.6 Å². The molecular weight excluding hydrogens is 416 g/mol. The van der Waals surface area contributed by atoms with Crippen LogP contribution in [0.1, 0.15) is 16.4 Å². The Morgan fingerprint density at radius 2 is 1.90 bits per heavy atom. The van der Waals surface area contributed by atoms with Crippen molar-refractivity contribution >= 4 is 34.8 Å². The number of hydrazone groups is 1. The van der Waals surface area contributed by atoms with Gasteiger partial charge in [-0.25, -0.2) is 15.3 Å². The van der Waals surface area contributed by atoms with E-state index in [1.54, 1.807) is 30.5 Å². The molecule has 1 unspecified atom stereocenters. The molecule has 0 aliphatic carbocycles. The lowest BCUT2D eigenvalue weighted by atomic mass is 10.1. The first-order valence-corrected chi connectivity index (χ1v) is 10.2. The highest BCUT2D eigenvalue weighted by Crippen LogP contribution is 2.32. The SMILES string of the molecule is Cn1cc(/C=N\NC(=O)C(Sc2n[nH]c(=O)[nH]c2=O)c2ccccc2)c2ccccc21. The number of hydrogen-bond acceptors (Lipinski definition) is 6. The number of thioether (sulfide) groups is 1. The van der Waals surface area contributed by atoms with Gasteiger partial charge in [0.15, 0.2) is 5.03 Å². The minimum Gasteiger partial charge on any atom is -0.350 e. The highest BCUT2D eigenvalue weighted by Gasteiger charge is 2.24. The predicted molar refractivity (Wildman–Crippen MR) is 119 cm³/mol. The molecule has 3 N–H and O–H groups in total. The van der Waals surface area contributed by atoms with Crippen LogP contribution in [0, 0.1) is 0 Å². The van der Waals surface area contributed by atoms with Crippen LogP contribution in [0.5, 0.6) is 0 Å². The topological polar surface area (TPSA) is 125 Å². The van der Waals surface area contributed by atoms with Gasteiger partial charge in [0.05, 0.1) is 6.21 Å². The molecular formula is C21H18N6O3S. The maximum atomic E-state index is 12.9. The second kappa shape index (κ2) is 8.84. The van der Waals surface area contributed by atoms with Crippen LogP contribution in [0.15, 0.2) is 80.5 Å². The minimum atomic E-state index is -0.801. The van der Waals surface area contributed by atoms with Gasteiger partial charge in [-0.15, -0.1) is 0 Å². The van der Waals surface area contributed by atoms with E-state index < -0.39 is 22.4 Å². The first-order valence-electron chi connectivity index (χ1n) is 9.30. The van der Waals surface area contributed by atoms with Gasteiger partial charge in [0, 0.05) is 29.7 Å². The zero-order valence-electron chi connectivity index (χ0n) is 16.4. The molecule has 0 radical (unpaired) electrons. The first-order chi connectivity index (χ1) is 15.0. The Bertz CT molecular complexity index is 1370. The van der Waals surface area contributed by atoms with Crippen molar-refractivity contribution in [2.24, 2.45) is 12.1 Å². The molecule has 10 heteroatoms. The molecule has 156 valence electrons. The second-order valence-electron chi connectivity index (χ2n) is 6.67. The Morgan fingerprint density at radius 3 is 2.68 bits per heavy atom. The Morgan fingerprint density at radius 1 is 1.16 bits per heavy atom. The van der Waals surface area contributed by atoms with Crippen LogP contribution in [0.2, 0.25) is 0 Å². The molecule has 2 aromatic carbocycles. The summed E-state index contributed by atoms with van der Waals surface area (Å²) in [6, 6.07) is 16.8. The van der Waals surface area contributed by atoms with Gasteiger partial charge in [0.25, 0.3) is 11.5 Å². The second-order valence-corrected chi connectivity index (χ2v) is 7.76. The zero-order valence-corrected chi connectivity index (χ0v) is 17.2. The highest BCUT2D eigenvalue weighted by molar-refractivity contribution is 8.00. The van der Waals surface area contributed by atoms with Crippen molar-refractivity contribution in [3.05, 3.63) is 92.8 Å². The molecule has 0 spiro atoms. The van der Waals surface area contributed by atoms with Gasteiger partial charge in [-0.1, -0.05) is 60.3 Å². The number of para-hydroxylation sites is 1. The van der Waals surface area contributed by atoms with Crippen LogP contribution < -0.4 is 16.7 Å². The fraction of sp³-hybridized carbons (Fsp3) is 0.0952. The summed E-state index contributed by atoms with van der Waals surface area (Å²) >= 11 is 0.923. The number of carbonyl (C=O) groups is 1. The summed E-state index contributed by atoms with van der Waals surface area (Å²) in [5, 5.41) is 10.2. The van der Waals surface area contributed by atoms with Crippen molar-refractivity contribution in [2.45, 2.75) is 10.3 Å². The number of nitrogens with zero attached hydrogens (tertiary/aromatic N) is 3. The molecule has 0 bridgehead atoms. The molecule has 31 heavy (non-hydrogen) atoms. The standard InChI is InChI=1S/C21H18N6O3S/c1-27-12-14(15-9-5-6-10-16(15)27)11-22-24-18(28)17(13-7-3-2-4-8-13)31-20-19(29)23-21(30)26-25-20/h2-12,17H,1H3,(H,24,28)(H2,23,26,29,30)/b22-11-.